The Kier molecular flexibility index (Phi) is 10.0. The van der Waals surface area contributed by atoms with Crippen molar-refractivity contribution >= 4 is 23.5 Å². The van der Waals surface area contributed by atoms with Crippen molar-refractivity contribution in [2.24, 2.45) is 0 Å². The standard InChI is InChI=1S/C16H22ClNO6/c1-21-7-8-23-9-10-24-11-14(19)18-15(16(20)22-2)12-3-5-13(17)6-4-12/h3-6,15H,7-11H2,1-2H3,(H,18,19). The molecule has 0 spiro atoms. The predicted molar refractivity (Wildman–Crippen MR) is 87.9 cm³/mol. The Morgan fingerprint density at radius 2 is 1.67 bits per heavy atom. The minimum atomic E-state index is -0.915. The van der Waals surface area contributed by atoms with E-state index in [0.29, 0.717) is 30.4 Å². The lowest BCUT2D eigenvalue weighted by molar-refractivity contribution is -0.146. The summed E-state index contributed by atoms with van der Waals surface area (Å²) in [5, 5.41) is 3.11. The highest BCUT2D eigenvalue weighted by Crippen LogP contribution is 2.17. The van der Waals surface area contributed by atoms with Crippen molar-refractivity contribution in [1.29, 1.82) is 0 Å². The minimum Gasteiger partial charge on any atom is -0.467 e. The number of methoxy groups -OCH3 is 2. The Morgan fingerprint density at radius 3 is 2.29 bits per heavy atom. The lowest BCUT2D eigenvalue weighted by Gasteiger charge is -2.17. The molecule has 134 valence electrons. The normalized spacial score (nSPS) is 11.8. The molecule has 1 amide bonds. The number of carbonyl (C=O) groups excluding carboxylic acids is 2. The lowest BCUT2D eigenvalue weighted by Crippen LogP contribution is -2.36. The first kappa shape index (κ1) is 20.4. The first-order chi connectivity index (χ1) is 11.6. The van der Waals surface area contributed by atoms with Gasteiger partial charge in [-0.1, -0.05) is 23.7 Å². The summed E-state index contributed by atoms with van der Waals surface area (Å²) in [6.45, 7) is 1.40. The second kappa shape index (κ2) is 11.8. The van der Waals surface area contributed by atoms with Crippen LogP contribution in [0.4, 0.5) is 0 Å². The Hall–Kier alpha value is -1.67. The number of hydrogen-bond donors (Lipinski definition) is 1. The van der Waals surface area contributed by atoms with Crippen LogP contribution >= 0.6 is 11.6 Å². The van der Waals surface area contributed by atoms with E-state index in [1.807, 2.05) is 0 Å². The van der Waals surface area contributed by atoms with Gasteiger partial charge in [-0.25, -0.2) is 4.79 Å². The third-order valence-corrected chi connectivity index (χ3v) is 3.23. The van der Waals surface area contributed by atoms with Crippen LogP contribution in [0, 0.1) is 0 Å². The Balaban J connectivity index is 2.42. The molecule has 1 rings (SSSR count). The molecule has 1 atom stereocenters. The van der Waals surface area contributed by atoms with E-state index in [0.717, 1.165) is 0 Å². The van der Waals surface area contributed by atoms with E-state index in [9.17, 15) is 9.59 Å². The molecule has 0 heterocycles. The van der Waals surface area contributed by atoms with Crippen molar-refractivity contribution < 1.29 is 28.5 Å². The number of esters is 1. The molecule has 0 fully saturated rings. The zero-order chi connectivity index (χ0) is 17.8. The fourth-order valence-corrected chi connectivity index (χ4v) is 1.91. The highest BCUT2D eigenvalue weighted by atomic mass is 35.5. The predicted octanol–water partition coefficient (Wildman–Crippen LogP) is 1.35. The van der Waals surface area contributed by atoms with Crippen LogP contribution in [0.1, 0.15) is 11.6 Å². The Bertz CT molecular complexity index is 508. The summed E-state index contributed by atoms with van der Waals surface area (Å²) in [7, 11) is 2.84. The molecule has 0 aromatic heterocycles. The summed E-state index contributed by atoms with van der Waals surface area (Å²) < 4.78 is 19.9. The fraction of sp³-hybridized carbons (Fsp3) is 0.500. The van der Waals surface area contributed by atoms with E-state index in [1.165, 1.54) is 7.11 Å². The smallest absolute Gasteiger partial charge is 0.333 e. The van der Waals surface area contributed by atoms with Crippen LogP contribution < -0.4 is 5.32 Å². The molecule has 1 aromatic carbocycles. The van der Waals surface area contributed by atoms with E-state index >= 15 is 0 Å². The van der Waals surface area contributed by atoms with Crippen LogP contribution in [-0.2, 0) is 28.5 Å². The average molecular weight is 360 g/mol. The maximum atomic E-state index is 11.9. The molecule has 0 aliphatic rings. The average Bonchev–Trinajstić information content (AvgIpc) is 2.59. The maximum absolute atomic E-state index is 11.9. The molecule has 0 saturated carbocycles. The van der Waals surface area contributed by atoms with Gasteiger partial charge in [0.05, 0.1) is 33.5 Å². The summed E-state index contributed by atoms with van der Waals surface area (Å²) in [6.07, 6.45) is 0. The molecule has 7 nitrogen and oxygen atoms in total. The number of nitrogens with one attached hydrogen (secondary N) is 1. The van der Waals surface area contributed by atoms with Crippen LogP contribution in [-0.4, -0.2) is 59.1 Å². The van der Waals surface area contributed by atoms with Gasteiger partial charge in [0.15, 0.2) is 6.04 Å². The zero-order valence-electron chi connectivity index (χ0n) is 13.7. The highest BCUT2D eigenvalue weighted by molar-refractivity contribution is 6.30. The lowest BCUT2D eigenvalue weighted by atomic mass is 10.1. The van der Waals surface area contributed by atoms with Gasteiger partial charge in [0.25, 0.3) is 0 Å². The second-order valence-electron chi connectivity index (χ2n) is 4.73. The molecule has 8 heteroatoms. The maximum Gasteiger partial charge on any atom is 0.333 e. The first-order valence-electron chi connectivity index (χ1n) is 7.35. The Labute approximate surface area is 146 Å². The quantitative estimate of drug-likeness (QED) is 0.474. The van der Waals surface area contributed by atoms with Crippen molar-refractivity contribution in [1.82, 2.24) is 5.32 Å². The van der Waals surface area contributed by atoms with Gasteiger partial charge in [-0.3, -0.25) is 4.79 Å². The molecule has 0 radical (unpaired) electrons. The van der Waals surface area contributed by atoms with E-state index in [-0.39, 0.29) is 13.2 Å². The highest BCUT2D eigenvalue weighted by Gasteiger charge is 2.23. The molecular formula is C16H22ClNO6. The molecule has 1 unspecified atom stereocenters. The largest absolute Gasteiger partial charge is 0.467 e. The van der Waals surface area contributed by atoms with Crippen molar-refractivity contribution in [3.05, 3.63) is 34.9 Å². The van der Waals surface area contributed by atoms with E-state index < -0.39 is 17.9 Å². The summed E-state index contributed by atoms with van der Waals surface area (Å²) in [5.74, 6) is -1.01. The van der Waals surface area contributed by atoms with Crippen LogP contribution in [0.5, 0.6) is 0 Å². The van der Waals surface area contributed by atoms with Gasteiger partial charge < -0.3 is 24.3 Å². The number of halogens is 1. The number of carbonyl (C=O) groups is 2. The minimum absolute atomic E-state index is 0.186. The van der Waals surface area contributed by atoms with Crippen LogP contribution in [0.3, 0.4) is 0 Å². The topological polar surface area (TPSA) is 83.1 Å². The Morgan fingerprint density at radius 1 is 1.04 bits per heavy atom. The van der Waals surface area contributed by atoms with Crippen LogP contribution in [0.2, 0.25) is 5.02 Å². The van der Waals surface area contributed by atoms with Crippen molar-refractivity contribution in [3.8, 4) is 0 Å². The SMILES string of the molecule is COCCOCCOCC(=O)NC(C(=O)OC)c1ccc(Cl)cc1. The van der Waals surface area contributed by atoms with Crippen LogP contribution in [0.25, 0.3) is 0 Å². The molecular weight excluding hydrogens is 338 g/mol. The van der Waals surface area contributed by atoms with Gasteiger partial charge in [-0.2, -0.15) is 0 Å². The summed E-state index contributed by atoms with van der Waals surface area (Å²) in [4.78, 5) is 23.8. The van der Waals surface area contributed by atoms with Crippen LogP contribution in [0.15, 0.2) is 24.3 Å². The van der Waals surface area contributed by atoms with Gasteiger partial charge >= 0.3 is 5.97 Å². The summed E-state index contributed by atoms with van der Waals surface area (Å²) in [5.41, 5.74) is 0.572. The van der Waals surface area contributed by atoms with Crippen molar-refractivity contribution in [2.75, 3.05) is 47.3 Å². The molecule has 1 aromatic rings. The van der Waals surface area contributed by atoms with Gasteiger partial charge in [-0.05, 0) is 17.7 Å². The number of ether oxygens (including phenoxy) is 4. The molecule has 1 N–H and O–H groups in total. The molecule has 0 aliphatic carbocycles. The number of rotatable bonds is 11. The van der Waals surface area contributed by atoms with Crippen molar-refractivity contribution in [3.63, 3.8) is 0 Å². The van der Waals surface area contributed by atoms with Gasteiger partial charge in [0, 0.05) is 12.1 Å². The van der Waals surface area contributed by atoms with Gasteiger partial charge in [0.2, 0.25) is 5.91 Å². The number of benzene rings is 1. The van der Waals surface area contributed by atoms with Gasteiger partial charge in [0.1, 0.15) is 6.61 Å². The van der Waals surface area contributed by atoms with E-state index in [2.05, 4.69) is 5.32 Å². The molecule has 0 bridgehead atoms. The fourth-order valence-electron chi connectivity index (χ4n) is 1.78. The molecule has 0 aliphatic heterocycles. The van der Waals surface area contributed by atoms with E-state index in [4.69, 9.17) is 30.5 Å². The zero-order valence-corrected chi connectivity index (χ0v) is 14.5. The number of hydrogen-bond acceptors (Lipinski definition) is 6. The molecule has 0 saturated heterocycles. The van der Waals surface area contributed by atoms with Crippen molar-refractivity contribution in [2.45, 2.75) is 6.04 Å². The van der Waals surface area contributed by atoms with E-state index in [1.54, 1.807) is 31.4 Å². The monoisotopic (exact) mass is 359 g/mol. The molecule has 24 heavy (non-hydrogen) atoms. The summed E-state index contributed by atoms with van der Waals surface area (Å²) in [6, 6.07) is 5.64. The number of amides is 1. The third-order valence-electron chi connectivity index (χ3n) is 2.98. The summed E-state index contributed by atoms with van der Waals surface area (Å²) >= 11 is 5.82. The first-order valence-corrected chi connectivity index (χ1v) is 7.73. The van der Waals surface area contributed by atoms with Gasteiger partial charge in [-0.15, -0.1) is 0 Å². The third kappa shape index (κ3) is 7.74. The second-order valence-corrected chi connectivity index (χ2v) is 5.17.